The lowest BCUT2D eigenvalue weighted by molar-refractivity contribution is -0.144. The smallest absolute Gasteiger partial charge is 0.323 e. The molecule has 0 bridgehead atoms. The fourth-order valence-corrected chi connectivity index (χ4v) is 2.94. The molecule has 1 aromatic rings. The van der Waals surface area contributed by atoms with Crippen LogP contribution in [0.1, 0.15) is 33.1 Å². The molecular weight excluding hydrogens is 338 g/mol. The van der Waals surface area contributed by atoms with Gasteiger partial charge in [0.25, 0.3) is 0 Å². The Morgan fingerprint density at radius 1 is 1.40 bits per heavy atom. The average Bonchev–Trinajstić information content (AvgIpc) is 2.43. The normalized spacial score (nSPS) is 13.9. The zero-order chi connectivity index (χ0) is 15.0. The second kappa shape index (κ2) is 8.70. The number of hydrogen-bond acceptors (Lipinski definition) is 3. The molecule has 2 N–H and O–H groups in total. The molecule has 3 nitrogen and oxygen atoms in total. The number of benzene rings is 1. The number of carbonyl (C=O) groups is 1. The van der Waals surface area contributed by atoms with E-state index < -0.39 is 11.5 Å². The van der Waals surface area contributed by atoms with Crippen LogP contribution in [-0.2, 0) is 4.79 Å². The first-order valence-corrected chi connectivity index (χ1v) is 8.62. The number of aliphatic carboxylic acids is 1. The third-order valence-electron chi connectivity index (χ3n) is 3.14. The summed E-state index contributed by atoms with van der Waals surface area (Å²) in [5.74, 6) is 0.165. The van der Waals surface area contributed by atoms with Gasteiger partial charge in [-0.15, -0.1) is 11.8 Å². The lowest BCUT2D eigenvalue weighted by Gasteiger charge is -2.26. The van der Waals surface area contributed by atoms with Gasteiger partial charge in [-0.2, -0.15) is 0 Å². The van der Waals surface area contributed by atoms with Crippen molar-refractivity contribution in [1.82, 2.24) is 5.32 Å². The summed E-state index contributed by atoms with van der Waals surface area (Å²) >= 11 is 5.17. The second-order valence-electron chi connectivity index (χ2n) is 4.97. The zero-order valence-corrected chi connectivity index (χ0v) is 14.4. The van der Waals surface area contributed by atoms with Crippen molar-refractivity contribution in [2.24, 2.45) is 0 Å². The minimum atomic E-state index is -0.809. The van der Waals surface area contributed by atoms with Crippen LogP contribution in [0.3, 0.4) is 0 Å². The summed E-state index contributed by atoms with van der Waals surface area (Å²) in [6.45, 7) is 4.55. The van der Waals surface area contributed by atoms with Gasteiger partial charge >= 0.3 is 5.97 Å². The van der Waals surface area contributed by atoms with Gasteiger partial charge in [0.15, 0.2) is 0 Å². The lowest BCUT2D eigenvalue weighted by Crippen LogP contribution is -2.49. The topological polar surface area (TPSA) is 49.3 Å². The molecule has 0 aromatic heterocycles. The van der Waals surface area contributed by atoms with E-state index in [1.165, 1.54) is 4.90 Å². The third kappa shape index (κ3) is 5.85. The zero-order valence-electron chi connectivity index (χ0n) is 12.0. The van der Waals surface area contributed by atoms with Gasteiger partial charge < -0.3 is 10.4 Å². The number of thioether (sulfide) groups is 1. The summed E-state index contributed by atoms with van der Waals surface area (Å²) in [7, 11) is 0. The van der Waals surface area contributed by atoms with E-state index in [0.29, 0.717) is 6.42 Å². The van der Waals surface area contributed by atoms with Crippen molar-refractivity contribution < 1.29 is 9.90 Å². The molecule has 0 aliphatic carbocycles. The molecule has 1 unspecified atom stereocenters. The molecule has 0 saturated carbocycles. The van der Waals surface area contributed by atoms with E-state index in [4.69, 9.17) is 0 Å². The molecule has 1 aromatic carbocycles. The fraction of sp³-hybridized carbons (Fsp3) is 0.533. The van der Waals surface area contributed by atoms with Crippen molar-refractivity contribution in [1.29, 1.82) is 0 Å². The first-order valence-electron chi connectivity index (χ1n) is 6.85. The molecule has 0 aliphatic heterocycles. The van der Waals surface area contributed by atoms with Gasteiger partial charge in [-0.1, -0.05) is 22.9 Å². The SMILES string of the molecule is CCCNC(C)(CCCSc1ccc(Br)cc1)C(=O)O. The Hall–Kier alpha value is -0.520. The molecule has 5 heteroatoms. The van der Waals surface area contributed by atoms with Gasteiger partial charge in [-0.05, 0) is 62.7 Å². The van der Waals surface area contributed by atoms with Crippen molar-refractivity contribution in [3.63, 3.8) is 0 Å². The predicted molar refractivity (Wildman–Crippen MR) is 88.4 cm³/mol. The summed E-state index contributed by atoms with van der Waals surface area (Å²) in [6, 6.07) is 8.18. The number of hydrogen-bond donors (Lipinski definition) is 2. The van der Waals surface area contributed by atoms with Crippen LogP contribution in [-0.4, -0.2) is 28.9 Å². The fourth-order valence-electron chi connectivity index (χ4n) is 1.82. The van der Waals surface area contributed by atoms with Crippen LogP contribution in [0, 0.1) is 0 Å². The summed E-state index contributed by atoms with van der Waals surface area (Å²) in [5, 5.41) is 12.5. The Labute approximate surface area is 133 Å². The Morgan fingerprint density at radius 3 is 2.60 bits per heavy atom. The standard InChI is InChI=1S/C15H22BrNO2S/c1-3-10-17-15(2,14(18)19)9-4-11-20-13-7-5-12(16)6-8-13/h5-8,17H,3-4,9-11H2,1-2H3,(H,18,19). The highest BCUT2D eigenvalue weighted by molar-refractivity contribution is 9.10. The van der Waals surface area contributed by atoms with Crippen LogP contribution in [0.2, 0.25) is 0 Å². The van der Waals surface area contributed by atoms with Crippen molar-refractivity contribution in [2.75, 3.05) is 12.3 Å². The summed E-state index contributed by atoms with van der Waals surface area (Å²) in [5.41, 5.74) is -0.809. The van der Waals surface area contributed by atoms with Crippen molar-refractivity contribution in [3.8, 4) is 0 Å². The van der Waals surface area contributed by atoms with Gasteiger partial charge in [-0.25, -0.2) is 0 Å². The highest BCUT2D eigenvalue weighted by Crippen LogP contribution is 2.23. The van der Waals surface area contributed by atoms with Gasteiger partial charge in [0, 0.05) is 9.37 Å². The van der Waals surface area contributed by atoms with Gasteiger partial charge in [0.2, 0.25) is 0 Å². The Bertz CT molecular complexity index is 424. The maximum Gasteiger partial charge on any atom is 0.323 e. The molecule has 0 radical (unpaired) electrons. The highest BCUT2D eigenvalue weighted by Gasteiger charge is 2.31. The molecule has 0 fully saturated rings. The van der Waals surface area contributed by atoms with Crippen LogP contribution in [0.4, 0.5) is 0 Å². The highest BCUT2D eigenvalue weighted by atomic mass is 79.9. The van der Waals surface area contributed by atoms with E-state index >= 15 is 0 Å². The molecule has 20 heavy (non-hydrogen) atoms. The molecule has 112 valence electrons. The summed E-state index contributed by atoms with van der Waals surface area (Å²) in [4.78, 5) is 12.6. The Kier molecular flexibility index (Phi) is 7.62. The molecule has 1 atom stereocenters. The summed E-state index contributed by atoms with van der Waals surface area (Å²) < 4.78 is 1.07. The number of carboxylic acids is 1. The van der Waals surface area contributed by atoms with Crippen molar-refractivity contribution in [3.05, 3.63) is 28.7 Å². The van der Waals surface area contributed by atoms with Gasteiger partial charge in [0.1, 0.15) is 5.54 Å². The number of nitrogens with one attached hydrogen (secondary N) is 1. The second-order valence-corrected chi connectivity index (χ2v) is 7.05. The van der Waals surface area contributed by atoms with Crippen LogP contribution in [0.5, 0.6) is 0 Å². The van der Waals surface area contributed by atoms with E-state index in [2.05, 4.69) is 33.4 Å². The van der Waals surface area contributed by atoms with Crippen molar-refractivity contribution >= 4 is 33.7 Å². The monoisotopic (exact) mass is 359 g/mol. The van der Waals surface area contributed by atoms with E-state index in [9.17, 15) is 9.90 Å². The quantitative estimate of drug-likeness (QED) is 0.513. The van der Waals surface area contributed by atoms with Gasteiger partial charge in [0.05, 0.1) is 0 Å². The van der Waals surface area contributed by atoms with Crippen molar-refractivity contribution in [2.45, 2.75) is 43.5 Å². The maximum atomic E-state index is 11.4. The average molecular weight is 360 g/mol. The third-order valence-corrected chi connectivity index (χ3v) is 4.77. The number of rotatable bonds is 9. The Balaban J connectivity index is 2.37. The minimum Gasteiger partial charge on any atom is -0.480 e. The Morgan fingerprint density at radius 2 is 2.05 bits per heavy atom. The predicted octanol–water partition coefficient (Wildman–Crippen LogP) is 4.16. The molecule has 0 spiro atoms. The van der Waals surface area contributed by atoms with Crippen LogP contribution in [0.25, 0.3) is 0 Å². The van der Waals surface area contributed by atoms with E-state index in [1.54, 1.807) is 18.7 Å². The van der Waals surface area contributed by atoms with E-state index in [0.717, 1.165) is 29.6 Å². The molecule has 1 rings (SSSR count). The largest absolute Gasteiger partial charge is 0.480 e. The maximum absolute atomic E-state index is 11.4. The molecule has 0 aliphatic rings. The number of carboxylic acid groups (broad SMARTS) is 1. The molecule has 0 heterocycles. The molecule has 0 saturated heterocycles. The van der Waals surface area contributed by atoms with Gasteiger partial charge in [-0.3, -0.25) is 4.79 Å². The first-order chi connectivity index (χ1) is 9.48. The molecule has 0 amide bonds. The van der Waals surface area contributed by atoms with E-state index in [1.807, 2.05) is 19.1 Å². The lowest BCUT2D eigenvalue weighted by atomic mass is 9.96. The van der Waals surface area contributed by atoms with Crippen LogP contribution in [0.15, 0.2) is 33.6 Å². The minimum absolute atomic E-state index is 0.645. The van der Waals surface area contributed by atoms with Crippen LogP contribution >= 0.6 is 27.7 Å². The number of halogens is 1. The summed E-state index contributed by atoms with van der Waals surface area (Å²) in [6.07, 6.45) is 2.46. The van der Waals surface area contributed by atoms with Crippen LogP contribution < -0.4 is 5.32 Å². The first kappa shape index (κ1) is 17.5. The molecular formula is C15H22BrNO2S. The van der Waals surface area contributed by atoms with E-state index in [-0.39, 0.29) is 0 Å².